The van der Waals surface area contributed by atoms with E-state index in [9.17, 15) is 14.7 Å². The number of amides is 2. The smallest absolute Gasteiger partial charge is 0.255 e. The number of nitrogens with one attached hydrogen (secondary N) is 2. The number of aliphatic hydroxyl groups is 1. The van der Waals surface area contributed by atoms with Crippen molar-refractivity contribution in [2.24, 2.45) is 0 Å². The highest BCUT2D eigenvalue weighted by atomic mass is 35.5. The highest BCUT2D eigenvalue weighted by Gasteiger charge is 2.37. The van der Waals surface area contributed by atoms with Crippen LogP contribution in [0.5, 0.6) is 0 Å². The zero-order valence-electron chi connectivity index (χ0n) is 22.0. The molecule has 5 rings (SSSR count). The number of aliphatic hydroxyl groups excluding tert-OH is 1. The molecule has 1 saturated heterocycles. The Morgan fingerprint density at radius 1 is 1.23 bits per heavy atom. The molecule has 3 heterocycles. The average molecular weight is 550 g/mol. The quantitative estimate of drug-likeness (QED) is 0.390. The van der Waals surface area contributed by atoms with Crippen molar-refractivity contribution in [3.8, 4) is 11.3 Å². The molecule has 10 heteroatoms. The number of halogens is 1. The molecule has 2 aromatic carbocycles. The lowest BCUT2D eigenvalue weighted by atomic mass is 10.0. The van der Waals surface area contributed by atoms with Crippen LogP contribution < -0.4 is 10.6 Å². The molecular weight excluding hydrogens is 518 g/mol. The van der Waals surface area contributed by atoms with E-state index in [0.717, 1.165) is 29.5 Å². The molecule has 0 radical (unpaired) electrons. The Kier molecular flexibility index (Phi) is 8.11. The molecule has 1 fully saturated rings. The Balaban J connectivity index is 1.33. The van der Waals surface area contributed by atoms with Gasteiger partial charge in [-0.3, -0.25) is 9.59 Å². The molecule has 0 spiro atoms. The third-order valence-electron chi connectivity index (χ3n) is 7.27. The number of hydrogen-bond acceptors (Lipinski definition) is 7. The second-order valence-electron chi connectivity index (χ2n) is 10.1. The minimum atomic E-state index is -1.02. The summed E-state index contributed by atoms with van der Waals surface area (Å²) >= 11 is 6.46. The minimum Gasteiger partial charge on any atom is -0.394 e. The summed E-state index contributed by atoms with van der Waals surface area (Å²) in [4.78, 5) is 36.9. The number of aromatic nitrogens is 2. The molecule has 2 amide bonds. The van der Waals surface area contributed by atoms with Gasteiger partial charge in [-0.2, -0.15) is 0 Å². The molecule has 204 valence electrons. The standard InChI is InChI=1S/C29H32ClN5O4/c1-17-4-3-5-19(12-17)18(2)32-27(37)25(16-36)35-15-21-7-6-20(13-23(21)28(35)38)26-24(30)14-31-29(34-26)33-22-8-10-39-11-9-22/h3-7,12-14,18,22,25,36H,8-11,15-16H2,1-2H3,(H,32,37)(H,31,33,34)/t18-,25?/m1/s1. The van der Waals surface area contributed by atoms with E-state index >= 15 is 0 Å². The van der Waals surface area contributed by atoms with Crippen LogP contribution in [0, 0.1) is 6.92 Å². The highest BCUT2D eigenvalue weighted by molar-refractivity contribution is 6.33. The van der Waals surface area contributed by atoms with Gasteiger partial charge in [0.25, 0.3) is 5.91 Å². The third-order valence-corrected chi connectivity index (χ3v) is 7.54. The van der Waals surface area contributed by atoms with Crippen LogP contribution in [-0.4, -0.2) is 63.7 Å². The highest BCUT2D eigenvalue weighted by Crippen LogP contribution is 2.32. The minimum absolute atomic E-state index is 0.220. The first-order chi connectivity index (χ1) is 18.8. The molecule has 0 saturated carbocycles. The molecule has 0 bridgehead atoms. The number of aryl methyl sites for hydroxylation is 1. The Labute approximate surface area is 232 Å². The number of benzene rings is 2. The van der Waals surface area contributed by atoms with Crippen molar-refractivity contribution >= 4 is 29.4 Å². The van der Waals surface area contributed by atoms with Crippen LogP contribution in [0.2, 0.25) is 5.02 Å². The molecule has 0 aliphatic carbocycles. The summed E-state index contributed by atoms with van der Waals surface area (Å²) in [6, 6.07) is 12.2. The monoisotopic (exact) mass is 549 g/mol. The van der Waals surface area contributed by atoms with Gasteiger partial charge in [-0.25, -0.2) is 9.97 Å². The summed E-state index contributed by atoms with van der Waals surface area (Å²) in [6.07, 6.45) is 3.29. The van der Waals surface area contributed by atoms with E-state index in [-0.39, 0.29) is 24.5 Å². The number of carbonyl (C=O) groups excluding carboxylic acids is 2. The van der Waals surface area contributed by atoms with Gasteiger partial charge in [0.15, 0.2) is 0 Å². The maximum atomic E-state index is 13.4. The summed E-state index contributed by atoms with van der Waals surface area (Å²) in [5.74, 6) is -0.264. The summed E-state index contributed by atoms with van der Waals surface area (Å²) in [5.41, 5.74) is 4.45. The Hall–Kier alpha value is -3.53. The van der Waals surface area contributed by atoms with Gasteiger partial charge in [-0.1, -0.05) is 53.6 Å². The molecule has 3 N–H and O–H groups in total. The largest absolute Gasteiger partial charge is 0.394 e. The Morgan fingerprint density at radius 2 is 2.03 bits per heavy atom. The zero-order valence-corrected chi connectivity index (χ0v) is 22.7. The molecule has 9 nitrogen and oxygen atoms in total. The number of nitrogens with zero attached hydrogens (tertiary/aromatic N) is 3. The van der Waals surface area contributed by atoms with Gasteiger partial charge in [-0.05, 0) is 43.9 Å². The number of fused-ring (bicyclic) bond motifs is 1. The lowest BCUT2D eigenvalue weighted by molar-refractivity contribution is -0.127. The van der Waals surface area contributed by atoms with Crippen molar-refractivity contribution in [3.05, 3.63) is 75.9 Å². The van der Waals surface area contributed by atoms with E-state index in [1.165, 1.54) is 4.90 Å². The summed E-state index contributed by atoms with van der Waals surface area (Å²) in [5, 5.41) is 16.8. The van der Waals surface area contributed by atoms with Crippen molar-refractivity contribution in [1.29, 1.82) is 0 Å². The van der Waals surface area contributed by atoms with Gasteiger partial charge in [0.2, 0.25) is 11.9 Å². The van der Waals surface area contributed by atoms with Gasteiger partial charge in [0.1, 0.15) is 6.04 Å². The second kappa shape index (κ2) is 11.7. The number of hydrogen-bond donors (Lipinski definition) is 3. The van der Waals surface area contributed by atoms with E-state index in [1.807, 2.05) is 50.2 Å². The lowest BCUT2D eigenvalue weighted by Crippen LogP contribution is -2.49. The zero-order chi connectivity index (χ0) is 27.5. The van der Waals surface area contributed by atoms with E-state index in [1.54, 1.807) is 12.3 Å². The number of ether oxygens (including phenoxy) is 1. The van der Waals surface area contributed by atoms with Gasteiger partial charge >= 0.3 is 0 Å². The number of rotatable bonds is 8. The number of carbonyl (C=O) groups is 2. The molecule has 2 aliphatic rings. The van der Waals surface area contributed by atoms with E-state index in [0.29, 0.717) is 41.0 Å². The number of anilines is 1. The van der Waals surface area contributed by atoms with E-state index < -0.39 is 18.6 Å². The van der Waals surface area contributed by atoms with Gasteiger partial charge in [0, 0.05) is 36.9 Å². The molecule has 2 aliphatic heterocycles. The molecule has 3 aromatic rings. The van der Waals surface area contributed by atoms with Gasteiger partial charge in [0.05, 0.1) is 29.6 Å². The van der Waals surface area contributed by atoms with Crippen molar-refractivity contribution in [2.75, 3.05) is 25.1 Å². The van der Waals surface area contributed by atoms with Crippen molar-refractivity contribution < 1.29 is 19.4 Å². The van der Waals surface area contributed by atoms with Gasteiger partial charge < -0.3 is 25.4 Å². The summed E-state index contributed by atoms with van der Waals surface area (Å²) in [7, 11) is 0. The van der Waals surface area contributed by atoms with Crippen molar-refractivity contribution in [1.82, 2.24) is 20.2 Å². The first-order valence-electron chi connectivity index (χ1n) is 13.1. The van der Waals surface area contributed by atoms with E-state index in [2.05, 4.69) is 20.6 Å². The molecular formula is C29H32ClN5O4. The maximum absolute atomic E-state index is 13.4. The fraction of sp³-hybridized carbons (Fsp3) is 0.379. The molecule has 39 heavy (non-hydrogen) atoms. The Bertz CT molecular complexity index is 1380. The van der Waals surface area contributed by atoms with Crippen LogP contribution in [0.3, 0.4) is 0 Å². The SMILES string of the molecule is Cc1cccc([C@@H](C)NC(=O)C(CO)N2Cc3ccc(-c4nc(NC5CCOCC5)ncc4Cl)cc3C2=O)c1. The topological polar surface area (TPSA) is 117 Å². The first-order valence-corrected chi connectivity index (χ1v) is 13.5. The predicted molar refractivity (Wildman–Crippen MR) is 148 cm³/mol. The summed E-state index contributed by atoms with van der Waals surface area (Å²) < 4.78 is 5.42. The van der Waals surface area contributed by atoms with Crippen LogP contribution in [0.25, 0.3) is 11.3 Å². The van der Waals surface area contributed by atoms with Crippen LogP contribution in [0.4, 0.5) is 5.95 Å². The van der Waals surface area contributed by atoms with Crippen LogP contribution in [0.1, 0.15) is 52.9 Å². The van der Waals surface area contributed by atoms with Gasteiger partial charge in [-0.15, -0.1) is 0 Å². The van der Waals surface area contributed by atoms with Crippen LogP contribution >= 0.6 is 11.6 Å². The molecule has 1 unspecified atom stereocenters. The second-order valence-corrected chi connectivity index (χ2v) is 10.5. The first kappa shape index (κ1) is 27.1. The van der Waals surface area contributed by atoms with Crippen molar-refractivity contribution in [2.45, 2.75) is 51.4 Å². The molecule has 2 atom stereocenters. The van der Waals surface area contributed by atoms with Crippen LogP contribution in [0.15, 0.2) is 48.7 Å². The normalized spacial score (nSPS) is 17.0. The summed E-state index contributed by atoms with van der Waals surface area (Å²) in [6.45, 7) is 4.99. The third kappa shape index (κ3) is 5.90. The average Bonchev–Trinajstić information content (AvgIpc) is 3.26. The van der Waals surface area contributed by atoms with E-state index in [4.69, 9.17) is 16.3 Å². The van der Waals surface area contributed by atoms with Crippen molar-refractivity contribution in [3.63, 3.8) is 0 Å². The van der Waals surface area contributed by atoms with Crippen LogP contribution in [-0.2, 0) is 16.1 Å². The molecule has 1 aromatic heterocycles. The fourth-order valence-electron chi connectivity index (χ4n) is 5.04. The fourth-order valence-corrected chi connectivity index (χ4v) is 5.24. The lowest BCUT2D eigenvalue weighted by Gasteiger charge is -2.27. The maximum Gasteiger partial charge on any atom is 0.255 e. The predicted octanol–water partition coefficient (Wildman–Crippen LogP) is 3.89. The Morgan fingerprint density at radius 3 is 2.77 bits per heavy atom.